The minimum absolute atomic E-state index is 0.0530. The standard InChI is InChI=1S/C13H17F3N2OS/c1-12(2,17)8-18-11(19)7-20-10-5-3-4-9(6-10)13(14,15)16/h3-6H,7-8,17H2,1-2H3,(H,18,19). The number of carbonyl (C=O) groups excluding carboxylic acids is 1. The first-order chi connectivity index (χ1) is 9.08. The fraction of sp³-hybridized carbons (Fsp3) is 0.462. The number of alkyl halides is 3. The molecule has 3 N–H and O–H groups in total. The summed E-state index contributed by atoms with van der Waals surface area (Å²) in [6.07, 6.45) is -4.37. The molecule has 0 saturated heterocycles. The van der Waals surface area contributed by atoms with Gasteiger partial charge in [-0.05, 0) is 32.0 Å². The molecule has 0 heterocycles. The Morgan fingerprint density at radius 1 is 1.35 bits per heavy atom. The molecule has 0 fully saturated rings. The van der Waals surface area contributed by atoms with Gasteiger partial charge in [0.05, 0.1) is 11.3 Å². The summed E-state index contributed by atoms with van der Waals surface area (Å²) in [6.45, 7) is 3.86. The maximum atomic E-state index is 12.5. The highest BCUT2D eigenvalue weighted by molar-refractivity contribution is 8.00. The van der Waals surface area contributed by atoms with E-state index in [-0.39, 0.29) is 11.7 Å². The minimum Gasteiger partial charge on any atom is -0.354 e. The van der Waals surface area contributed by atoms with Crippen LogP contribution in [0.4, 0.5) is 13.2 Å². The average Bonchev–Trinajstić information content (AvgIpc) is 2.32. The Balaban J connectivity index is 2.52. The van der Waals surface area contributed by atoms with Gasteiger partial charge in [-0.3, -0.25) is 4.79 Å². The molecule has 0 bridgehead atoms. The van der Waals surface area contributed by atoms with Gasteiger partial charge >= 0.3 is 6.18 Å². The molecular formula is C13H17F3N2OS. The molecule has 0 aliphatic carbocycles. The zero-order chi connectivity index (χ0) is 15.4. The summed E-state index contributed by atoms with van der Waals surface area (Å²) in [5.41, 5.74) is 4.48. The fourth-order valence-electron chi connectivity index (χ4n) is 1.29. The first kappa shape index (κ1) is 16.8. The lowest BCUT2D eigenvalue weighted by atomic mass is 10.1. The average molecular weight is 306 g/mol. The first-order valence-corrected chi connectivity index (χ1v) is 6.92. The summed E-state index contributed by atoms with van der Waals surface area (Å²) in [5, 5.41) is 2.63. The van der Waals surface area contributed by atoms with Crippen molar-refractivity contribution in [2.75, 3.05) is 12.3 Å². The molecule has 0 saturated carbocycles. The summed E-state index contributed by atoms with van der Waals surface area (Å²) < 4.78 is 37.5. The number of nitrogens with one attached hydrogen (secondary N) is 1. The Morgan fingerprint density at radius 2 is 2.00 bits per heavy atom. The van der Waals surface area contributed by atoms with E-state index in [9.17, 15) is 18.0 Å². The van der Waals surface area contributed by atoms with E-state index in [1.165, 1.54) is 6.07 Å². The summed E-state index contributed by atoms with van der Waals surface area (Å²) in [4.78, 5) is 11.9. The number of halogens is 3. The van der Waals surface area contributed by atoms with E-state index in [4.69, 9.17) is 5.73 Å². The monoisotopic (exact) mass is 306 g/mol. The maximum absolute atomic E-state index is 12.5. The van der Waals surface area contributed by atoms with E-state index >= 15 is 0 Å². The van der Waals surface area contributed by atoms with Crippen LogP contribution in [0.15, 0.2) is 29.2 Å². The van der Waals surface area contributed by atoms with Crippen molar-refractivity contribution in [3.63, 3.8) is 0 Å². The van der Waals surface area contributed by atoms with Gasteiger partial charge in [0, 0.05) is 17.0 Å². The van der Waals surface area contributed by atoms with E-state index < -0.39 is 17.3 Å². The van der Waals surface area contributed by atoms with Crippen LogP contribution in [-0.4, -0.2) is 23.7 Å². The highest BCUT2D eigenvalue weighted by Crippen LogP contribution is 2.31. The molecule has 0 atom stereocenters. The molecule has 0 aliphatic heterocycles. The minimum atomic E-state index is -4.37. The van der Waals surface area contributed by atoms with Crippen molar-refractivity contribution in [2.45, 2.75) is 30.5 Å². The molecule has 1 aromatic rings. The quantitative estimate of drug-likeness (QED) is 0.822. The Labute approximate surface area is 120 Å². The summed E-state index contributed by atoms with van der Waals surface area (Å²) in [6, 6.07) is 4.90. The number of carbonyl (C=O) groups is 1. The van der Waals surface area contributed by atoms with E-state index in [0.29, 0.717) is 11.4 Å². The van der Waals surface area contributed by atoms with Crippen molar-refractivity contribution in [2.24, 2.45) is 5.73 Å². The predicted octanol–water partition coefficient (Wildman–Crippen LogP) is 2.65. The van der Waals surface area contributed by atoms with Crippen LogP contribution in [0.3, 0.4) is 0 Å². The first-order valence-electron chi connectivity index (χ1n) is 5.93. The highest BCUT2D eigenvalue weighted by atomic mass is 32.2. The lowest BCUT2D eigenvalue weighted by molar-refractivity contribution is -0.137. The molecule has 20 heavy (non-hydrogen) atoms. The molecule has 1 amide bonds. The van der Waals surface area contributed by atoms with Gasteiger partial charge in [-0.1, -0.05) is 6.07 Å². The lowest BCUT2D eigenvalue weighted by Crippen LogP contribution is -2.45. The molecule has 3 nitrogen and oxygen atoms in total. The van der Waals surface area contributed by atoms with Gasteiger partial charge in [-0.25, -0.2) is 0 Å². The highest BCUT2D eigenvalue weighted by Gasteiger charge is 2.30. The van der Waals surface area contributed by atoms with Gasteiger partial charge in [0.1, 0.15) is 0 Å². The zero-order valence-electron chi connectivity index (χ0n) is 11.3. The third-order valence-electron chi connectivity index (χ3n) is 2.27. The second-order valence-electron chi connectivity index (χ2n) is 5.08. The van der Waals surface area contributed by atoms with Crippen LogP contribution in [-0.2, 0) is 11.0 Å². The second-order valence-corrected chi connectivity index (χ2v) is 6.13. The second kappa shape index (κ2) is 6.49. The Kier molecular flexibility index (Phi) is 5.47. The Hall–Kier alpha value is -1.21. The predicted molar refractivity (Wildman–Crippen MR) is 73.4 cm³/mol. The number of hydrogen-bond donors (Lipinski definition) is 2. The molecule has 0 spiro atoms. The van der Waals surface area contributed by atoms with E-state index in [1.54, 1.807) is 19.9 Å². The van der Waals surface area contributed by atoms with Gasteiger partial charge < -0.3 is 11.1 Å². The third-order valence-corrected chi connectivity index (χ3v) is 3.27. The molecule has 0 unspecified atom stereocenters. The van der Waals surface area contributed by atoms with E-state index in [1.807, 2.05) is 0 Å². The van der Waals surface area contributed by atoms with Crippen molar-refractivity contribution in [3.05, 3.63) is 29.8 Å². The Morgan fingerprint density at radius 3 is 2.55 bits per heavy atom. The van der Waals surface area contributed by atoms with Crippen molar-refractivity contribution >= 4 is 17.7 Å². The van der Waals surface area contributed by atoms with Crippen LogP contribution in [0.2, 0.25) is 0 Å². The van der Waals surface area contributed by atoms with Crippen LogP contribution < -0.4 is 11.1 Å². The number of benzene rings is 1. The van der Waals surface area contributed by atoms with E-state index in [0.717, 1.165) is 23.9 Å². The SMILES string of the molecule is CC(C)(N)CNC(=O)CSc1cccc(C(F)(F)F)c1. The van der Waals surface area contributed by atoms with Crippen molar-refractivity contribution in [3.8, 4) is 0 Å². The van der Waals surface area contributed by atoms with Crippen molar-refractivity contribution in [1.29, 1.82) is 0 Å². The number of thioether (sulfide) groups is 1. The maximum Gasteiger partial charge on any atom is 0.416 e. The normalized spacial score (nSPS) is 12.3. The van der Waals surface area contributed by atoms with E-state index in [2.05, 4.69) is 5.32 Å². The van der Waals surface area contributed by atoms with Gasteiger partial charge in [-0.2, -0.15) is 13.2 Å². The molecule has 0 radical (unpaired) electrons. The topological polar surface area (TPSA) is 55.1 Å². The molecule has 0 aromatic heterocycles. The fourth-order valence-corrected chi connectivity index (χ4v) is 2.07. The van der Waals surface area contributed by atoms with Gasteiger partial charge in [-0.15, -0.1) is 11.8 Å². The largest absolute Gasteiger partial charge is 0.416 e. The smallest absolute Gasteiger partial charge is 0.354 e. The zero-order valence-corrected chi connectivity index (χ0v) is 12.1. The summed E-state index contributed by atoms with van der Waals surface area (Å²) >= 11 is 1.06. The van der Waals surface area contributed by atoms with Gasteiger partial charge in [0.15, 0.2) is 0 Å². The number of amides is 1. The number of hydrogen-bond acceptors (Lipinski definition) is 3. The summed E-state index contributed by atoms with van der Waals surface area (Å²) in [5.74, 6) is -0.205. The lowest BCUT2D eigenvalue weighted by Gasteiger charge is -2.18. The Bertz CT molecular complexity index is 469. The van der Waals surface area contributed by atoms with Crippen LogP contribution in [0.25, 0.3) is 0 Å². The van der Waals surface area contributed by atoms with Crippen molar-refractivity contribution < 1.29 is 18.0 Å². The molecule has 112 valence electrons. The molecular weight excluding hydrogens is 289 g/mol. The number of nitrogens with two attached hydrogens (primary N) is 1. The van der Waals surface area contributed by atoms with Crippen LogP contribution in [0, 0.1) is 0 Å². The van der Waals surface area contributed by atoms with Gasteiger partial charge in [0.2, 0.25) is 5.91 Å². The van der Waals surface area contributed by atoms with Gasteiger partial charge in [0.25, 0.3) is 0 Å². The van der Waals surface area contributed by atoms with Crippen LogP contribution >= 0.6 is 11.8 Å². The van der Waals surface area contributed by atoms with Crippen LogP contribution in [0.1, 0.15) is 19.4 Å². The molecule has 0 aliphatic rings. The third kappa shape index (κ3) is 6.29. The van der Waals surface area contributed by atoms with Crippen LogP contribution in [0.5, 0.6) is 0 Å². The molecule has 1 aromatic carbocycles. The molecule has 1 rings (SSSR count). The van der Waals surface area contributed by atoms with Crippen molar-refractivity contribution in [1.82, 2.24) is 5.32 Å². The number of rotatable bonds is 5. The molecule has 7 heteroatoms. The summed E-state index contributed by atoms with van der Waals surface area (Å²) in [7, 11) is 0.